The summed E-state index contributed by atoms with van der Waals surface area (Å²) in [5.41, 5.74) is 6.19. The van der Waals surface area contributed by atoms with Gasteiger partial charge in [-0.3, -0.25) is 14.5 Å². The van der Waals surface area contributed by atoms with Gasteiger partial charge in [0, 0.05) is 29.7 Å². The van der Waals surface area contributed by atoms with Gasteiger partial charge in [0.1, 0.15) is 11.5 Å². The van der Waals surface area contributed by atoms with Crippen LogP contribution in [-0.2, 0) is 4.79 Å². The highest BCUT2D eigenvalue weighted by Crippen LogP contribution is 2.27. The molecule has 158 valence electrons. The van der Waals surface area contributed by atoms with Crippen molar-refractivity contribution in [3.63, 3.8) is 0 Å². The number of piperidine rings is 1. The smallest absolute Gasteiger partial charge is 0.253 e. The van der Waals surface area contributed by atoms with E-state index in [2.05, 4.69) is 4.90 Å². The van der Waals surface area contributed by atoms with E-state index in [0.29, 0.717) is 41.2 Å². The van der Waals surface area contributed by atoms with Crippen molar-refractivity contribution in [1.82, 2.24) is 9.80 Å². The maximum atomic E-state index is 12.9. The van der Waals surface area contributed by atoms with Crippen LogP contribution in [0.4, 0.5) is 0 Å². The predicted molar refractivity (Wildman–Crippen MR) is 116 cm³/mol. The van der Waals surface area contributed by atoms with Gasteiger partial charge in [0.25, 0.3) is 5.91 Å². The zero-order chi connectivity index (χ0) is 21.1. The molecule has 2 fully saturated rings. The Hall–Kier alpha value is -2.57. The monoisotopic (exact) mass is 427 g/mol. The van der Waals surface area contributed by atoms with E-state index in [9.17, 15) is 9.59 Å². The first-order chi connectivity index (χ1) is 14.5. The number of halogens is 1. The molecule has 0 spiro atoms. The van der Waals surface area contributed by atoms with Crippen LogP contribution in [0.15, 0.2) is 48.5 Å². The molecular weight excluding hydrogens is 402 g/mol. The lowest BCUT2D eigenvalue weighted by molar-refractivity contribution is -0.123. The van der Waals surface area contributed by atoms with E-state index < -0.39 is 0 Å². The summed E-state index contributed by atoms with van der Waals surface area (Å²) < 4.78 is 5.79. The average molecular weight is 428 g/mol. The third-order valence-corrected chi connectivity index (χ3v) is 6.21. The molecule has 2 heterocycles. The number of likely N-dealkylation sites (tertiary alicyclic amines) is 2. The van der Waals surface area contributed by atoms with Crippen LogP contribution in [0.1, 0.15) is 36.0 Å². The van der Waals surface area contributed by atoms with Crippen LogP contribution >= 0.6 is 11.6 Å². The fourth-order valence-electron chi connectivity index (χ4n) is 4.45. The number of benzene rings is 2. The Morgan fingerprint density at radius 1 is 0.967 bits per heavy atom. The maximum Gasteiger partial charge on any atom is 0.253 e. The summed E-state index contributed by atoms with van der Waals surface area (Å²) in [4.78, 5) is 28.7. The fourth-order valence-corrected chi connectivity index (χ4v) is 4.63. The average Bonchev–Trinajstić information content (AvgIpc) is 3.24. The lowest BCUT2D eigenvalue weighted by Gasteiger charge is -2.38. The van der Waals surface area contributed by atoms with Gasteiger partial charge in [-0.1, -0.05) is 17.7 Å². The zero-order valence-corrected chi connectivity index (χ0v) is 17.6. The van der Waals surface area contributed by atoms with Crippen molar-refractivity contribution in [2.24, 2.45) is 5.73 Å². The lowest BCUT2D eigenvalue weighted by atomic mass is 10.0. The minimum absolute atomic E-state index is 0.0237. The highest BCUT2D eigenvalue weighted by molar-refractivity contribution is 6.30. The third-order valence-electron chi connectivity index (χ3n) is 5.98. The molecule has 7 heteroatoms. The predicted octanol–water partition coefficient (Wildman–Crippen LogP) is 3.69. The van der Waals surface area contributed by atoms with E-state index in [0.717, 1.165) is 32.2 Å². The molecule has 2 aromatic carbocycles. The Bertz CT molecular complexity index is 910. The van der Waals surface area contributed by atoms with Crippen LogP contribution in [0.25, 0.3) is 0 Å². The molecule has 2 amide bonds. The number of amides is 2. The molecule has 0 saturated carbocycles. The second-order valence-electron chi connectivity index (χ2n) is 7.91. The molecule has 0 radical (unpaired) electrons. The topological polar surface area (TPSA) is 75.9 Å². The molecule has 2 N–H and O–H groups in total. The van der Waals surface area contributed by atoms with Crippen LogP contribution in [0.3, 0.4) is 0 Å². The highest BCUT2D eigenvalue weighted by atomic mass is 35.5. The standard InChI is InChI=1S/C23H26ClN3O3/c24-17-3-1-4-20(15-17)30-19-8-6-16(7-9-19)23(29)26-13-10-18(11-14-26)27-12-2-5-21(27)22(25)28/h1,3-4,6-9,15,18,21H,2,5,10-14H2,(H2,25,28). The molecule has 0 bridgehead atoms. The minimum Gasteiger partial charge on any atom is -0.457 e. The summed E-state index contributed by atoms with van der Waals surface area (Å²) in [7, 11) is 0. The molecule has 0 aliphatic carbocycles. The van der Waals surface area contributed by atoms with Crippen molar-refractivity contribution in [1.29, 1.82) is 0 Å². The SMILES string of the molecule is NC(=O)C1CCCN1C1CCN(C(=O)c2ccc(Oc3cccc(Cl)c3)cc2)CC1. The zero-order valence-electron chi connectivity index (χ0n) is 16.8. The number of rotatable bonds is 5. The Labute approximate surface area is 181 Å². The molecule has 1 unspecified atom stereocenters. The first-order valence-corrected chi connectivity index (χ1v) is 10.8. The number of hydrogen-bond donors (Lipinski definition) is 1. The van der Waals surface area contributed by atoms with Crippen LogP contribution in [-0.4, -0.2) is 53.3 Å². The van der Waals surface area contributed by atoms with E-state index in [1.807, 2.05) is 17.0 Å². The Morgan fingerprint density at radius 3 is 2.37 bits per heavy atom. The minimum atomic E-state index is -0.230. The number of carbonyl (C=O) groups is 2. The molecule has 2 aliphatic heterocycles. The van der Waals surface area contributed by atoms with Gasteiger partial charge in [-0.05, 0) is 74.7 Å². The van der Waals surface area contributed by atoms with Crippen molar-refractivity contribution in [3.8, 4) is 11.5 Å². The quantitative estimate of drug-likeness (QED) is 0.789. The molecule has 2 saturated heterocycles. The van der Waals surface area contributed by atoms with Crippen molar-refractivity contribution < 1.29 is 14.3 Å². The van der Waals surface area contributed by atoms with Gasteiger partial charge in [0.15, 0.2) is 0 Å². The number of nitrogens with zero attached hydrogens (tertiary/aromatic N) is 2. The molecular formula is C23H26ClN3O3. The lowest BCUT2D eigenvalue weighted by Crippen LogP contribution is -2.51. The highest BCUT2D eigenvalue weighted by Gasteiger charge is 2.36. The molecule has 30 heavy (non-hydrogen) atoms. The van der Waals surface area contributed by atoms with Crippen LogP contribution in [0, 0.1) is 0 Å². The van der Waals surface area contributed by atoms with E-state index in [1.54, 1.807) is 36.4 Å². The van der Waals surface area contributed by atoms with Gasteiger partial charge in [-0.2, -0.15) is 0 Å². The van der Waals surface area contributed by atoms with E-state index in [4.69, 9.17) is 22.1 Å². The van der Waals surface area contributed by atoms with Gasteiger partial charge in [0.2, 0.25) is 5.91 Å². The van der Waals surface area contributed by atoms with Crippen LogP contribution in [0.2, 0.25) is 5.02 Å². The number of carbonyl (C=O) groups excluding carboxylic acids is 2. The number of nitrogens with two attached hydrogens (primary N) is 1. The summed E-state index contributed by atoms with van der Waals surface area (Å²) in [6.07, 6.45) is 3.59. The van der Waals surface area contributed by atoms with Crippen molar-refractivity contribution >= 4 is 23.4 Å². The summed E-state index contributed by atoms with van der Waals surface area (Å²) in [6, 6.07) is 14.5. The molecule has 2 aromatic rings. The van der Waals surface area contributed by atoms with Crippen molar-refractivity contribution in [2.75, 3.05) is 19.6 Å². The number of hydrogen-bond acceptors (Lipinski definition) is 4. The van der Waals surface area contributed by atoms with Crippen LogP contribution in [0.5, 0.6) is 11.5 Å². The third kappa shape index (κ3) is 4.60. The Kier molecular flexibility index (Phi) is 6.25. The Morgan fingerprint density at radius 2 is 1.70 bits per heavy atom. The van der Waals surface area contributed by atoms with E-state index >= 15 is 0 Å². The molecule has 4 rings (SSSR count). The number of ether oxygens (including phenoxy) is 1. The van der Waals surface area contributed by atoms with E-state index in [-0.39, 0.29) is 17.9 Å². The van der Waals surface area contributed by atoms with Gasteiger partial charge in [-0.25, -0.2) is 0 Å². The van der Waals surface area contributed by atoms with Crippen molar-refractivity contribution in [3.05, 3.63) is 59.1 Å². The van der Waals surface area contributed by atoms with Gasteiger partial charge >= 0.3 is 0 Å². The number of primary amides is 1. The second-order valence-corrected chi connectivity index (χ2v) is 8.34. The molecule has 1 atom stereocenters. The summed E-state index contributed by atoms with van der Waals surface area (Å²) >= 11 is 5.98. The summed E-state index contributed by atoms with van der Waals surface area (Å²) in [6.45, 7) is 2.29. The van der Waals surface area contributed by atoms with Crippen LogP contribution < -0.4 is 10.5 Å². The molecule has 6 nitrogen and oxygen atoms in total. The van der Waals surface area contributed by atoms with Crippen molar-refractivity contribution in [2.45, 2.75) is 37.8 Å². The summed E-state index contributed by atoms with van der Waals surface area (Å²) in [5, 5.41) is 0.610. The van der Waals surface area contributed by atoms with Gasteiger partial charge < -0.3 is 15.4 Å². The maximum absolute atomic E-state index is 12.9. The molecule has 0 aromatic heterocycles. The first-order valence-electron chi connectivity index (χ1n) is 10.4. The van der Waals surface area contributed by atoms with E-state index in [1.165, 1.54) is 0 Å². The fraction of sp³-hybridized carbons (Fsp3) is 0.391. The second kappa shape index (κ2) is 9.06. The summed E-state index contributed by atoms with van der Waals surface area (Å²) in [5.74, 6) is 1.10. The normalized spacial score (nSPS) is 20.3. The largest absolute Gasteiger partial charge is 0.457 e. The van der Waals surface area contributed by atoms with Gasteiger partial charge in [-0.15, -0.1) is 0 Å². The Balaban J connectivity index is 1.33. The van der Waals surface area contributed by atoms with Gasteiger partial charge in [0.05, 0.1) is 6.04 Å². The molecule has 2 aliphatic rings. The first kappa shape index (κ1) is 20.7.